The maximum absolute atomic E-state index is 13.5. The molecule has 4 aromatic carbocycles. The van der Waals surface area contributed by atoms with E-state index >= 15 is 0 Å². The quantitative estimate of drug-likeness (QED) is 0.158. The predicted octanol–water partition coefficient (Wildman–Crippen LogP) is 5.37. The Morgan fingerprint density at radius 1 is 0.884 bits per heavy atom. The van der Waals surface area contributed by atoms with E-state index in [0.717, 1.165) is 4.31 Å². The number of nitrogens with one attached hydrogen (secondary N) is 2. The Balaban J connectivity index is 1.36. The van der Waals surface area contributed by atoms with Crippen LogP contribution in [-0.2, 0) is 19.6 Å². The lowest BCUT2D eigenvalue weighted by molar-refractivity contribution is -0.119. The van der Waals surface area contributed by atoms with E-state index < -0.39 is 22.5 Å². The number of carbonyl (C=O) groups is 2. The maximum Gasteiger partial charge on any atom is 0.264 e. The number of benzene rings is 4. The highest BCUT2D eigenvalue weighted by Crippen LogP contribution is 2.27. The number of sulfonamides is 1. The number of rotatable bonds is 12. The van der Waals surface area contributed by atoms with Gasteiger partial charge in [-0.25, -0.2) is 13.8 Å². The number of ether oxygens (including phenoxy) is 2. The van der Waals surface area contributed by atoms with Gasteiger partial charge < -0.3 is 14.8 Å². The molecule has 10 nitrogen and oxygen atoms in total. The molecule has 2 N–H and O–H groups in total. The largest absolute Gasteiger partial charge is 0.497 e. The van der Waals surface area contributed by atoms with Gasteiger partial charge in [0.05, 0.1) is 34.6 Å². The first kappa shape index (κ1) is 31.4. The van der Waals surface area contributed by atoms with Gasteiger partial charge in [-0.1, -0.05) is 41.4 Å². The lowest BCUT2D eigenvalue weighted by atomic mass is 10.2. The monoisotopic (exact) mass is 640 g/mol. The van der Waals surface area contributed by atoms with E-state index in [1.54, 1.807) is 60.7 Å². The van der Waals surface area contributed by atoms with Gasteiger partial charge in [0, 0.05) is 5.02 Å². The van der Waals surface area contributed by atoms with Crippen molar-refractivity contribution in [3.63, 3.8) is 0 Å². The second-order valence-electron chi connectivity index (χ2n) is 8.85. The van der Waals surface area contributed by atoms with Gasteiger partial charge in [-0.2, -0.15) is 5.10 Å². The van der Waals surface area contributed by atoms with Crippen molar-refractivity contribution in [3.8, 4) is 11.5 Å². The molecule has 0 atom stereocenters. The molecule has 0 aliphatic heterocycles. The fourth-order valence-corrected chi connectivity index (χ4v) is 5.49. The summed E-state index contributed by atoms with van der Waals surface area (Å²) in [7, 11) is -2.67. The molecule has 13 heteroatoms. The molecule has 0 aliphatic carbocycles. The fraction of sp³-hybridized carbons (Fsp3) is 0.100. The molecule has 0 unspecified atom stereocenters. The lowest BCUT2D eigenvalue weighted by Crippen LogP contribution is -2.39. The van der Waals surface area contributed by atoms with Crippen LogP contribution in [0.2, 0.25) is 10.0 Å². The third-order valence-corrected chi connectivity index (χ3v) is 8.18. The van der Waals surface area contributed by atoms with Crippen molar-refractivity contribution in [1.29, 1.82) is 0 Å². The molecule has 43 heavy (non-hydrogen) atoms. The molecule has 222 valence electrons. The number of hydrazone groups is 1. The molecule has 0 fully saturated rings. The number of para-hydroxylation sites is 1. The van der Waals surface area contributed by atoms with Crippen LogP contribution in [0.3, 0.4) is 0 Å². The number of amides is 2. The summed E-state index contributed by atoms with van der Waals surface area (Å²) in [5.74, 6) is -0.129. The Morgan fingerprint density at radius 3 is 2.26 bits per heavy atom. The summed E-state index contributed by atoms with van der Waals surface area (Å²) in [4.78, 5) is 24.9. The van der Waals surface area contributed by atoms with Crippen LogP contribution in [0.15, 0.2) is 107 Å². The summed E-state index contributed by atoms with van der Waals surface area (Å²) < 4.78 is 38.5. The summed E-state index contributed by atoms with van der Waals surface area (Å²) in [6, 6.07) is 25.4. The van der Waals surface area contributed by atoms with Crippen molar-refractivity contribution < 1.29 is 27.5 Å². The van der Waals surface area contributed by atoms with Crippen LogP contribution in [0, 0.1) is 0 Å². The third kappa shape index (κ3) is 8.71. The Kier molecular flexibility index (Phi) is 10.6. The molecule has 0 bridgehead atoms. The molecule has 4 aromatic rings. The minimum Gasteiger partial charge on any atom is -0.497 e. The summed E-state index contributed by atoms with van der Waals surface area (Å²) in [6.07, 6.45) is 1.38. The zero-order valence-electron chi connectivity index (χ0n) is 22.7. The first-order valence-electron chi connectivity index (χ1n) is 12.7. The predicted molar refractivity (Wildman–Crippen MR) is 167 cm³/mol. The Bertz CT molecular complexity index is 1720. The van der Waals surface area contributed by atoms with Crippen LogP contribution >= 0.6 is 23.2 Å². The van der Waals surface area contributed by atoms with Crippen LogP contribution in [0.4, 0.5) is 11.4 Å². The van der Waals surface area contributed by atoms with Gasteiger partial charge in [0.2, 0.25) is 0 Å². The maximum atomic E-state index is 13.5. The van der Waals surface area contributed by atoms with Gasteiger partial charge >= 0.3 is 0 Å². The normalized spacial score (nSPS) is 11.1. The lowest BCUT2D eigenvalue weighted by Gasteiger charge is -2.24. The Labute approximate surface area is 258 Å². The van der Waals surface area contributed by atoms with Crippen LogP contribution in [0.5, 0.6) is 11.5 Å². The van der Waals surface area contributed by atoms with E-state index in [1.807, 2.05) is 0 Å². The van der Waals surface area contributed by atoms with E-state index in [2.05, 4.69) is 15.8 Å². The molecule has 0 saturated heterocycles. The molecule has 0 aromatic heterocycles. The van der Waals surface area contributed by atoms with E-state index in [1.165, 1.54) is 49.7 Å². The molecular weight excluding hydrogens is 615 g/mol. The highest BCUT2D eigenvalue weighted by Gasteiger charge is 2.27. The summed E-state index contributed by atoms with van der Waals surface area (Å²) in [5, 5.41) is 7.33. The average Bonchev–Trinajstić information content (AvgIpc) is 3.00. The van der Waals surface area contributed by atoms with Crippen molar-refractivity contribution in [2.75, 3.05) is 29.9 Å². The third-order valence-electron chi connectivity index (χ3n) is 5.83. The molecule has 2 amide bonds. The van der Waals surface area contributed by atoms with Gasteiger partial charge in [0.25, 0.3) is 21.8 Å². The highest BCUT2D eigenvalue weighted by molar-refractivity contribution is 7.92. The van der Waals surface area contributed by atoms with E-state index in [4.69, 9.17) is 32.7 Å². The summed E-state index contributed by atoms with van der Waals surface area (Å²) >= 11 is 12.1. The molecule has 0 heterocycles. The second kappa shape index (κ2) is 14.5. The molecule has 4 rings (SSSR count). The molecule has 0 aliphatic rings. The smallest absolute Gasteiger partial charge is 0.264 e. The van der Waals surface area contributed by atoms with Crippen molar-refractivity contribution in [1.82, 2.24) is 5.43 Å². The zero-order valence-corrected chi connectivity index (χ0v) is 25.1. The number of nitrogens with zero attached hydrogens (tertiary/aromatic N) is 2. The number of carbonyl (C=O) groups excluding carboxylic acids is 2. The molecule has 0 saturated carbocycles. The van der Waals surface area contributed by atoms with Crippen LogP contribution in [-0.4, -0.2) is 46.7 Å². The fourth-order valence-electron chi connectivity index (χ4n) is 3.71. The Hall–Kier alpha value is -4.58. The first-order valence-corrected chi connectivity index (χ1v) is 14.9. The van der Waals surface area contributed by atoms with Crippen LogP contribution in [0.25, 0.3) is 0 Å². The topological polar surface area (TPSA) is 126 Å². The number of halogens is 2. The van der Waals surface area contributed by atoms with Gasteiger partial charge in [0.15, 0.2) is 6.61 Å². The zero-order chi connectivity index (χ0) is 30.8. The van der Waals surface area contributed by atoms with E-state index in [9.17, 15) is 18.0 Å². The van der Waals surface area contributed by atoms with E-state index in [-0.39, 0.29) is 23.1 Å². The Morgan fingerprint density at radius 2 is 1.58 bits per heavy atom. The van der Waals surface area contributed by atoms with Gasteiger partial charge in [-0.15, -0.1) is 0 Å². The second-order valence-corrected chi connectivity index (χ2v) is 11.6. The molecule has 0 spiro atoms. The number of hydrogen-bond donors (Lipinski definition) is 2. The van der Waals surface area contributed by atoms with Crippen molar-refractivity contribution in [2.45, 2.75) is 4.90 Å². The van der Waals surface area contributed by atoms with Gasteiger partial charge in [0.1, 0.15) is 18.0 Å². The van der Waals surface area contributed by atoms with Gasteiger partial charge in [-0.3, -0.25) is 13.9 Å². The highest BCUT2D eigenvalue weighted by atomic mass is 35.5. The van der Waals surface area contributed by atoms with E-state index in [0.29, 0.717) is 32.8 Å². The first-order chi connectivity index (χ1) is 20.7. The van der Waals surface area contributed by atoms with Crippen LogP contribution < -0.4 is 24.5 Å². The number of hydrogen-bond acceptors (Lipinski definition) is 7. The minimum absolute atomic E-state index is 0.0340. The molecule has 0 radical (unpaired) electrons. The van der Waals surface area contributed by atoms with Crippen molar-refractivity contribution in [2.24, 2.45) is 5.10 Å². The van der Waals surface area contributed by atoms with Crippen molar-refractivity contribution in [3.05, 3.63) is 113 Å². The molecular formula is C30H26Cl2N4O6S. The van der Waals surface area contributed by atoms with Crippen molar-refractivity contribution >= 4 is 62.6 Å². The SMILES string of the molecule is COc1ccc(S(=O)(=O)N(CC(=O)N/N=C\c2ccc(OCC(=O)Nc3ccccc3Cl)cc2)c2cccc(Cl)c2)cc1. The number of methoxy groups -OCH3 is 1. The van der Waals surface area contributed by atoms with Gasteiger partial charge in [-0.05, 0) is 84.4 Å². The summed E-state index contributed by atoms with van der Waals surface area (Å²) in [6.45, 7) is -0.785. The number of anilines is 2. The van der Waals surface area contributed by atoms with Crippen LogP contribution in [0.1, 0.15) is 5.56 Å². The average molecular weight is 642 g/mol. The minimum atomic E-state index is -4.15. The summed E-state index contributed by atoms with van der Waals surface area (Å²) in [5.41, 5.74) is 3.66. The standard InChI is InChI=1S/C30H26Cl2N4O6S/c1-41-24-13-15-26(16-14-24)43(39,40)36(23-6-4-5-22(31)17-23)19-29(37)35-33-18-21-9-11-25(12-10-21)42-20-30(38)34-28-8-3-2-7-27(28)32/h2-18H,19-20H2,1H3,(H,34,38)(H,35,37)/b33-18-.